The third-order valence-electron chi connectivity index (χ3n) is 7.94. The van der Waals surface area contributed by atoms with E-state index in [0.29, 0.717) is 53.1 Å². The molecule has 10 nitrogen and oxygen atoms in total. The van der Waals surface area contributed by atoms with Crippen molar-refractivity contribution in [3.05, 3.63) is 60.3 Å². The van der Waals surface area contributed by atoms with Gasteiger partial charge in [0.1, 0.15) is 16.5 Å². The number of anilines is 1. The number of carbonyl (C=O) groups excluding carboxylic acids is 1. The average molecular weight is 564 g/mol. The van der Waals surface area contributed by atoms with E-state index in [2.05, 4.69) is 15.4 Å². The summed E-state index contributed by atoms with van der Waals surface area (Å²) in [5, 5.41) is 7.26. The molecule has 4 aromatic rings. The lowest BCUT2D eigenvalue weighted by molar-refractivity contribution is 0.137. The highest BCUT2D eigenvalue weighted by Crippen LogP contribution is 2.45. The molecule has 1 unspecified atom stereocenters. The summed E-state index contributed by atoms with van der Waals surface area (Å²) in [6, 6.07) is 9.88. The number of nitrogens with two attached hydrogens (primary N) is 1. The minimum Gasteiger partial charge on any atom is -0.382 e. The second-order valence-electron chi connectivity index (χ2n) is 10.5. The number of sulfone groups is 1. The molecule has 2 saturated heterocycles. The molecule has 0 saturated carbocycles. The van der Waals surface area contributed by atoms with E-state index in [9.17, 15) is 17.6 Å². The van der Waals surface area contributed by atoms with Gasteiger partial charge >= 0.3 is 6.03 Å². The maximum Gasteiger partial charge on any atom is 0.317 e. The van der Waals surface area contributed by atoms with Gasteiger partial charge in [0.25, 0.3) is 0 Å². The van der Waals surface area contributed by atoms with Gasteiger partial charge in [-0.2, -0.15) is 9.61 Å². The number of pyridine rings is 1. The first-order valence-electron chi connectivity index (χ1n) is 13.3. The monoisotopic (exact) mass is 563 g/mol. The predicted molar refractivity (Wildman–Crippen MR) is 149 cm³/mol. The molecule has 12 heteroatoms. The van der Waals surface area contributed by atoms with Crippen LogP contribution in [0.1, 0.15) is 44.2 Å². The minimum atomic E-state index is -3.74. The van der Waals surface area contributed by atoms with Crippen LogP contribution in [-0.2, 0) is 9.84 Å². The fraction of sp³-hybridized carbons (Fsp3) is 0.357. The van der Waals surface area contributed by atoms with Crippen LogP contribution in [-0.4, -0.2) is 63.8 Å². The molecule has 208 valence electrons. The summed E-state index contributed by atoms with van der Waals surface area (Å²) in [6.45, 7) is 2.43. The van der Waals surface area contributed by atoms with Crippen molar-refractivity contribution in [2.45, 2.75) is 55.5 Å². The Morgan fingerprint density at radius 1 is 1.10 bits per heavy atom. The predicted octanol–water partition coefficient (Wildman–Crippen LogP) is 4.02. The van der Waals surface area contributed by atoms with Gasteiger partial charge in [0.15, 0.2) is 15.5 Å². The van der Waals surface area contributed by atoms with Crippen molar-refractivity contribution in [3.63, 3.8) is 0 Å². The highest BCUT2D eigenvalue weighted by molar-refractivity contribution is 7.91. The Morgan fingerprint density at radius 2 is 1.82 bits per heavy atom. The molecule has 3 N–H and O–H groups in total. The smallest absolute Gasteiger partial charge is 0.317 e. The number of carbonyl (C=O) groups is 1. The van der Waals surface area contributed by atoms with Gasteiger partial charge < -0.3 is 16.0 Å². The highest BCUT2D eigenvalue weighted by Gasteiger charge is 2.45. The summed E-state index contributed by atoms with van der Waals surface area (Å²) >= 11 is 0. The van der Waals surface area contributed by atoms with E-state index in [0.717, 1.165) is 19.1 Å². The summed E-state index contributed by atoms with van der Waals surface area (Å²) in [7, 11) is -3.74. The molecule has 1 aromatic carbocycles. The first kappa shape index (κ1) is 26.2. The lowest BCUT2D eigenvalue weighted by Gasteiger charge is -2.39. The molecule has 2 fully saturated rings. The first-order valence-corrected chi connectivity index (χ1v) is 15.2. The van der Waals surface area contributed by atoms with Crippen molar-refractivity contribution < 1.29 is 17.6 Å². The van der Waals surface area contributed by atoms with Crippen molar-refractivity contribution in [2.75, 3.05) is 18.5 Å². The molecule has 3 atom stereocenters. The second-order valence-corrected chi connectivity index (χ2v) is 12.4. The van der Waals surface area contributed by atoms with Crippen molar-refractivity contribution in [1.82, 2.24) is 29.8 Å². The quantitative estimate of drug-likeness (QED) is 0.374. The number of halogens is 1. The Bertz CT molecular complexity index is 1710. The van der Waals surface area contributed by atoms with Crippen molar-refractivity contribution in [2.24, 2.45) is 0 Å². The number of nitrogens with one attached hydrogen (secondary N) is 1. The average Bonchev–Trinajstić information content (AvgIpc) is 3.46. The molecule has 2 bridgehead atoms. The molecular weight excluding hydrogens is 533 g/mol. The van der Waals surface area contributed by atoms with Crippen molar-refractivity contribution in [3.8, 4) is 22.4 Å². The SMILES string of the molecule is CCNC(=O)N1[C@@H]2CC[C@H]1CC(c1nc3c(-c4ccc(-c5ccccc5F)nc4)cnn3c(N)c1S(C)(=O)=O)C2. The van der Waals surface area contributed by atoms with Gasteiger partial charge in [-0.1, -0.05) is 18.2 Å². The summed E-state index contributed by atoms with van der Waals surface area (Å²) in [5.74, 6) is -0.550. The molecule has 2 amide bonds. The number of hydrogen-bond acceptors (Lipinski definition) is 7. The summed E-state index contributed by atoms with van der Waals surface area (Å²) < 4.78 is 41.6. The van der Waals surface area contributed by atoms with E-state index in [1.54, 1.807) is 42.7 Å². The van der Waals surface area contributed by atoms with Gasteiger partial charge in [0.2, 0.25) is 0 Å². The largest absolute Gasteiger partial charge is 0.382 e. The fourth-order valence-electron chi connectivity index (χ4n) is 6.23. The topological polar surface area (TPSA) is 136 Å². The molecule has 5 heterocycles. The van der Waals surface area contributed by atoms with E-state index in [4.69, 9.17) is 10.7 Å². The number of hydrogen-bond donors (Lipinski definition) is 2. The summed E-state index contributed by atoms with van der Waals surface area (Å²) in [4.78, 5) is 23.9. The number of urea groups is 1. The van der Waals surface area contributed by atoms with E-state index in [-0.39, 0.29) is 40.6 Å². The van der Waals surface area contributed by atoms with E-state index >= 15 is 0 Å². The fourth-order valence-corrected chi connectivity index (χ4v) is 7.29. The number of benzene rings is 1. The Morgan fingerprint density at radius 3 is 2.45 bits per heavy atom. The van der Waals surface area contributed by atoms with Gasteiger partial charge in [0.05, 0.1) is 17.6 Å². The van der Waals surface area contributed by atoms with Gasteiger partial charge in [-0.3, -0.25) is 4.98 Å². The first-order chi connectivity index (χ1) is 19.2. The molecule has 0 spiro atoms. The molecule has 3 aromatic heterocycles. The Labute approximate surface area is 231 Å². The maximum atomic E-state index is 14.3. The van der Waals surface area contributed by atoms with Crippen LogP contribution in [0.2, 0.25) is 0 Å². The van der Waals surface area contributed by atoms with E-state index in [1.807, 2.05) is 11.8 Å². The molecular formula is C28H30FN7O3S. The lowest BCUT2D eigenvalue weighted by atomic mass is 9.88. The number of nitrogen functional groups attached to an aromatic ring is 1. The van der Waals surface area contributed by atoms with Crippen LogP contribution < -0.4 is 11.1 Å². The second kappa shape index (κ2) is 9.84. The van der Waals surface area contributed by atoms with E-state index < -0.39 is 9.84 Å². The zero-order chi connectivity index (χ0) is 28.2. The highest BCUT2D eigenvalue weighted by atomic mass is 32.2. The zero-order valence-corrected chi connectivity index (χ0v) is 23.0. The lowest BCUT2D eigenvalue weighted by Crippen LogP contribution is -2.50. The van der Waals surface area contributed by atoms with Crippen molar-refractivity contribution in [1.29, 1.82) is 0 Å². The van der Waals surface area contributed by atoms with Gasteiger partial charge in [0, 0.05) is 53.7 Å². The van der Waals surface area contributed by atoms with Gasteiger partial charge in [-0.05, 0) is 50.8 Å². The Hall–Kier alpha value is -4.06. The van der Waals surface area contributed by atoms with Gasteiger partial charge in [-0.25, -0.2) is 22.6 Å². The number of fused-ring (bicyclic) bond motifs is 3. The molecule has 40 heavy (non-hydrogen) atoms. The number of nitrogens with zero attached hydrogens (tertiary/aromatic N) is 5. The Kier molecular flexibility index (Phi) is 6.44. The Balaban J connectivity index is 1.42. The third kappa shape index (κ3) is 4.36. The number of rotatable bonds is 5. The van der Waals surface area contributed by atoms with Crippen LogP contribution >= 0.6 is 0 Å². The maximum absolute atomic E-state index is 14.3. The van der Waals surface area contributed by atoms with Crippen LogP contribution in [0.15, 0.2) is 53.7 Å². The standard InChI is InChI=1S/C28H30FN7O3S/c1-3-31-28(37)35-18-9-10-19(35)13-17(12-18)24-25(40(2,38)39)26(30)36-27(34-24)21(15-33-36)16-8-11-23(32-14-16)20-6-4-5-7-22(20)29/h4-8,11,14-15,17-19H,3,9-10,12-13,30H2,1-2H3,(H,31,37)/t17?,18-,19+. The molecule has 2 aliphatic rings. The van der Waals surface area contributed by atoms with Crippen LogP contribution in [0.3, 0.4) is 0 Å². The molecule has 0 aliphatic carbocycles. The third-order valence-corrected chi connectivity index (χ3v) is 9.10. The molecule has 2 aliphatic heterocycles. The zero-order valence-electron chi connectivity index (χ0n) is 22.2. The normalized spacial score (nSPS) is 20.7. The van der Waals surface area contributed by atoms with Gasteiger partial charge in [-0.15, -0.1) is 0 Å². The van der Waals surface area contributed by atoms with Crippen LogP contribution in [0.5, 0.6) is 0 Å². The van der Waals surface area contributed by atoms with Crippen LogP contribution in [0, 0.1) is 5.82 Å². The molecule has 6 rings (SSSR count). The summed E-state index contributed by atoms with van der Waals surface area (Å²) in [5.41, 5.74) is 9.49. The van der Waals surface area contributed by atoms with Crippen LogP contribution in [0.25, 0.3) is 28.0 Å². The number of piperidine rings is 1. The number of amides is 2. The van der Waals surface area contributed by atoms with Crippen molar-refractivity contribution >= 4 is 27.3 Å². The summed E-state index contributed by atoms with van der Waals surface area (Å²) in [6.07, 6.45) is 7.25. The minimum absolute atomic E-state index is 0.00136. The van der Waals surface area contributed by atoms with E-state index in [1.165, 1.54) is 10.6 Å². The molecule has 0 radical (unpaired) electrons. The number of aromatic nitrogens is 4. The van der Waals surface area contributed by atoms with Crippen LogP contribution in [0.4, 0.5) is 15.0 Å².